The minimum absolute atomic E-state index is 0. The van der Waals surface area contributed by atoms with Gasteiger partial charge in [-0.1, -0.05) is 0 Å². The van der Waals surface area contributed by atoms with Crippen molar-refractivity contribution in [1.29, 1.82) is 0 Å². The molecule has 0 saturated carbocycles. The Hall–Kier alpha value is -1.79. The van der Waals surface area contributed by atoms with E-state index in [2.05, 4.69) is 10.6 Å². The maximum absolute atomic E-state index is 11.3. The molecule has 0 fully saturated rings. The van der Waals surface area contributed by atoms with Crippen molar-refractivity contribution in [2.45, 2.75) is 0 Å². The van der Waals surface area contributed by atoms with Crippen molar-refractivity contribution in [3.8, 4) is 5.75 Å². The van der Waals surface area contributed by atoms with Crippen molar-refractivity contribution in [3.63, 3.8) is 0 Å². The lowest BCUT2D eigenvalue weighted by Crippen LogP contribution is -2.27. The van der Waals surface area contributed by atoms with Crippen LogP contribution in [-0.2, 0) is 9.59 Å². The molecule has 2 amide bonds. The molecule has 0 saturated heterocycles. The molecule has 0 aliphatic carbocycles. The molecule has 0 aliphatic rings. The van der Waals surface area contributed by atoms with Crippen LogP contribution in [0.5, 0.6) is 5.75 Å². The number of halogens is 1. The molecule has 20 heavy (non-hydrogen) atoms. The van der Waals surface area contributed by atoms with Gasteiger partial charge in [0.25, 0.3) is 5.91 Å². The van der Waals surface area contributed by atoms with Gasteiger partial charge in [0.05, 0.1) is 6.54 Å². The number of hydrogen-bond acceptors (Lipinski definition) is 4. The van der Waals surface area contributed by atoms with E-state index in [1.807, 2.05) is 0 Å². The highest BCUT2D eigenvalue weighted by atomic mass is 35.5. The summed E-state index contributed by atoms with van der Waals surface area (Å²) in [6.45, 7) is 0.258. The Morgan fingerprint density at radius 1 is 1.20 bits per heavy atom. The molecule has 6 nitrogen and oxygen atoms in total. The summed E-state index contributed by atoms with van der Waals surface area (Å²) in [5, 5.41) is 5.48. The van der Waals surface area contributed by atoms with Crippen LogP contribution in [0.15, 0.2) is 24.3 Å². The van der Waals surface area contributed by atoms with Gasteiger partial charge in [0, 0.05) is 19.8 Å². The summed E-state index contributed by atoms with van der Waals surface area (Å²) >= 11 is 0. The zero-order chi connectivity index (χ0) is 14.3. The minimum atomic E-state index is -0.112. The van der Waals surface area contributed by atoms with E-state index in [0.717, 1.165) is 0 Å². The zero-order valence-electron chi connectivity index (χ0n) is 11.8. The predicted molar refractivity (Wildman–Crippen MR) is 80.4 cm³/mol. The molecular weight excluding hydrogens is 282 g/mol. The van der Waals surface area contributed by atoms with Gasteiger partial charge in [-0.05, 0) is 31.3 Å². The number of carbonyl (C=O) groups excluding carboxylic acids is 2. The second-order valence-electron chi connectivity index (χ2n) is 4.18. The molecule has 7 heteroatoms. The van der Waals surface area contributed by atoms with Crippen LogP contribution in [0.4, 0.5) is 5.69 Å². The van der Waals surface area contributed by atoms with Crippen molar-refractivity contribution in [3.05, 3.63) is 24.3 Å². The molecule has 0 spiro atoms. The van der Waals surface area contributed by atoms with Crippen molar-refractivity contribution in [2.24, 2.45) is 0 Å². The molecule has 0 aromatic heterocycles. The summed E-state index contributed by atoms with van der Waals surface area (Å²) in [5.41, 5.74) is 0.687. The highest BCUT2D eigenvalue weighted by molar-refractivity contribution is 5.92. The first-order chi connectivity index (χ1) is 9.02. The standard InChI is InChI=1S/C13H19N3O3.ClH/c1-14-8-12(17)15-10-4-6-11(7-5-10)19-9-13(18)16(2)3;/h4-7,14H,8-9H2,1-3H3,(H,15,17);1H. The summed E-state index contributed by atoms with van der Waals surface area (Å²) in [7, 11) is 5.05. The lowest BCUT2D eigenvalue weighted by Gasteiger charge is -2.11. The van der Waals surface area contributed by atoms with Gasteiger partial charge in [-0.3, -0.25) is 9.59 Å². The Morgan fingerprint density at radius 2 is 1.80 bits per heavy atom. The average Bonchev–Trinajstić information content (AvgIpc) is 2.37. The molecule has 0 heterocycles. The number of ether oxygens (including phenoxy) is 1. The van der Waals surface area contributed by atoms with E-state index >= 15 is 0 Å². The Labute approximate surface area is 124 Å². The number of rotatable bonds is 6. The van der Waals surface area contributed by atoms with Crippen LogP contribution in [0.3, 0.4) is 0 Å². The lowest BCUT2D eigenvalue weighted by atomic mass is 10.3. The number of amides is 2. The molecule has 112 valence electrons. The smallest absolute Gasteiger partial charge is 0.259 e. The van der Waals surface area contributed by atoms with Gasteiger partial charge in [-0.2, -0.15) is 0 Å². The molecule has 0 unspecified atom stereocenters. The van der Waals surface area contributed by atoms with Crippen LogP contribution in [0.2, 0.25) is 0 Å². The number of carbonyl (C=O) groups is 2. The average molecular weight is 302 g/mol. The molecule has 2 N–H and O–H groups in total. The second kappa shape index (κ2) is 9.17. The zero-order valence-corrected chi connectivity index (χ0v) is 12.6. The number of benzene rings is 1. The molecule has 0 atom stereocenters. The van der Waals surface area contributed by atoms with E-state index in [1.165, 1.54) is 4.90 Å². The van der Waals surface area contributed by atoms with Gasteiger partial charge in [-0.25, -0.2) is 0 Å². The van der Waals surface area contributed by atoms with Crippen LogP contribution in [-0.4, -0.2) is 51.0 Å². The van der Waals surface area contributed by atoms with E-state index in [-0.39, 0.29) is 37.4 Å². The van der Waals surface area contributed by atoms with Gasteiger partial charge in [0.1, 0.15) is 5.75 Å². The first-order valence-electron chi connectivity index (χ1n) is 5.90. The molecule has 0 bridgehead atoms. The first kappa shape index (κ1) is 18.2. The summed E-state index contributed by atoms with van der Waals surface area (Å²) in [4.78, 5) is 24.1. The van der Waals surface area contributed by atoms with E-state index < -0.39 is 0 Å². The third-order valence-electron chi connectivity index (χ3n) is 2.34. The topological polar surface area (TPSA) is 70.7 Å². The van der Waals surface area contributed by atoms with Gasteiger partial charge in [0.2, 0.25) is 5.91 Å². The van der Waals surface area contributed by atoms with Crippen LogP contribution in [0.25, 0.3) is 0 Å². The number of anilines is 1. The molecule has 0 aliphatic heterocycles. The van der Waals surface area contributed by atoms with Gasteiger partial charge < -0.3 is 20.3 Å². The van der Waals surface area contributed by atoms with Crippen molar-refractivity contribution in [2.75, 3.05) is 39.6 Å². The summed E-state index contributed by atoms with van der Waals surface area (Å²) in [6, 6.07) is 6.86. The van der Waals surface area contributed by atoms with E-state index in [9.17, 15) is 9.59 Å². The lowest BCUT2D eigenvalue weighted by molar-refractivity contribution is -0.130. The number of nitrogens with one attached hydrogen (secondary N) is 2. The Morgan fingerprint density at radius 3 is 2.30 bits per heavy atom. The summed E-state index contributed by atoms with van der Waals surface area (Å²) in [6.07, 6.45) is 0. The Bertz CT molecular complexity index is 435. The number of likely N-dealkylation sites (N-methyl/N-ethyl adjacent to an activating group) is 2. The molecular formula is C13H20ClN3O3. The largest absolute Gasteiger partial charge is 0.484 e. The van der Waals surface area contributed by atoms with Gasteiger partial charge in [0.15, 0.2) is 6.61 Å². The summed E-state index contributed by atoms with van der Waals surface area (Å²) in [5.74, 6) is 0.368. The molecule has 1 aromatic carbocycles. The van der Waals surface area contributed by atoms with Crippen molar-refractivity contribution < 1.29 is 14.3 Å². The number of nitrogens with zero attached hydrogens (tertiary/aromatic N) is 1. The van der Waals surface area contributed by atoms with Gasteiger partial charge >= 0.3 is 0 Å². The van der Waals surface area contributed by atoms with E-state index in [1.54, 1.807) is 45.4 Å². The van der Waals surface area contributed by atoms with Crippen molar-refractivity contribution >= 4 is 29.9 Å². The maximum atomic E-state index is 11.3. The highest BCUT2D eigenvalue weighted by Gasteiger charge is 2.05. The first-order valence-corrected chi connectivity index (χ1v) is 5.90. The minimum Gasteiger partial charge on any atom is -0.484 e. The van der Waals surface area contributed by atoms with Crippen LogP contribution in [0, 0.1) is 0 Å². The third-order valence-corrected chi connectivity index (χ3v) is 2.34. The fraction of sp³-hybridized carbons (Fsp3) is 0.385. The van der Waals surface area contributed by atoms with Gasteiger partial charge in [-0.15, -0.1) is 12.4 Å². The van der Waals surface area contributed by atoms with Crippen LogP contribution >= 0.6 is 12.4 Å². The SMILES string of the molecule is CNCC(=O)Nc1ccc(OCC(=O)N(C)C)cc1.Cl. The highest BCUT2D eigenvalue weighted by Crippen LogP contribution is 2.15. The van der Waals surface area contributed by atoms with E-state index in [4.69, 9.17) is 4.74 Å². The molecule has 0 radical (unpaired) electrons. The monoisotopic (exact) mass is 301 g/mol. The predicted octanol–water partition coefficient (Wildman–Crippen LogP) is 0.733. The summed E-state index contributed by atoms with van der Waals surface area (Å²) < 4.78 is 5.32. The molecule has 1 aromatic rings. The normalized spacial score (nSPS) is 9.35. The Balaban J connectivity index is 0.00000361. The van der Waals surface area contributed by atoms with E-state index in [0.29, 0.717) is 11.4 Å². The maximum Gasteiger partial charge on any atom is 0.259 e. The van der Waals surface area contributed by atoms with Crippen molar-refractivity contribution in [1.82, 2.24) is 10.2 Å². The second-order valence-corrected chi connectivity index (χ2v) is 4.18. The quantitative estimate of drug-likeness (QED) is 0.813. The fourth-order valence-corrected chi connectivity index (χ4v) is 1.27. The number of hydrogen-bond donors (Lipinski definition) is 2. The third kappa shape index (κ3) is 6.40. The fourth-order valence-electron chi connectivity index (χ4n) is 1.27. The molecule has 1 rings (SSSR count). The Kier molecular flexibility index (Phi) is 8.35. The van der Waals surface area contributed by atoms with Crippen LogP contribution < -0.4 is 15.4 Å². The van der Waals surface area contributed by atoms with Crippen LogP contribution in [0.1, 0.15) is 0 Å².